The van der Waals surface area contributed by atoms with E-state index >= 15 is 0 Å². The summed E-state index contributed by atoms with van der Waals surface area (Å²) < 4.78 is 18.1. The molecule has 0 amide bonds. The Labute approximate surface area is 200 Å². The summed E-state index contributed by atoms with van der Waals surface area (Å²) in [7, 11) is 5.07. The van der Waals surface area contributed by atoms with Crippen LogP contribution < -0.4 is 14.2 Å². The van der Waals surface area contributed by atoms with E-state index in [1.54, 1.807) is 31.3 Å². The van der Waals surface area contributed by atoms with E-state index in [0.29, 0.717) is 51.9 Å². The molecule has 0 spiro atoms. The van der Waals surface area contributed by atoms with E-state index in [0.717, 1.165) is 0 Å². The van der Waals surface area contributed by atoms with E-state index in [9.17, 15) is 0 Å². The van der Waals surface area contributed by atoms with Crippen LogP contribution in [0.3, 0.4) is 0 Å². The summed E-state index contributed by atoms with van der Waals surface area (Å²) in [5.74, 6) is 3.00. The summed E-state index contributed by atoms with van der Waals surface area (Å²) in [6, 6.07) is 7.46. The highest BCUT2D eigenvalue weighted by atomic mass is 35.5. The van der Waals surface area contributed by atoms with Crippen molar-refractivity contribution in [2.75, 3.05) is 18.9 Å². The van der Waals surface area contributed by atoms with Gasteiger partial charge in [-0.2, -0.15) is 5.10 Å². The van der Waals surface area contributed by atoms with E-state index in [2.05, 4.69) is 36.9 Å². The fraction of sp³-hybridized carbons (Fsp3) is 0.286. The molecule has 1 atom stereocenters. The minimum absolute atomic E-state index is 0.134. The molecule has 0 fully saturated rings. The van der Waals surface area contributed by atoms with Crippen molar-refractivity contribution < 1.29 is 9.47 Å². The minimum atomic E-state index is 0.134. The Hall–Kier alpha value is -3.31. The maximum atomic E-state index is 5.88. The van der Waals surface area contributed by atoms with Gasteiger partial charge in [-0.3, -0.25) is 14.0 Å². The number of rotatable bonds is 9. The van der Waals surface area contributed by atoms with E-state index < -0.39 is 0 Å². The minimum Gasteiger partial charge on any atom is -0.494 e. The molecular formula is C21H23ClN8O2S. The first-order valence-corrected chi connectivity index (χ1v) is 11.3. The number of aromatic nitrogens is 7. The van der Waals surface area contributed by atoms with Crippen LogP contribution in [-0.2, 0) is 13.5 Å². The number of hydrogen-bond acceptors (Lipinski definition) is 9. The van der Waals surface area contributed by atoms with Gasteiger partial charge in [-0.25, -0.2) is 9.97 Å². The Kier molecular flexibility index (Phi) is 6.99. The van der Waals surface area contributed by atoms with Crippen LogP contribution in [0.25, 0.3) is 17.2 Å². The highest BCUT2D eigenvalue weighted by Gasteiger charge is 2.24. The van der Waals surface area contributed by atoms with Gasteiger partial charge in [-0.15, -0.1) is 10.2 Å². The number of methoxy groups -OCH3 is 2. The van der Waals surface area contributed by atoms with Crippen LogP contribution in [0.1, 0.15) is 12.7 Å². The van der Waals surface area contributed by atoms with Crippen molar-refractivity contribution in [1.29, 1.82) is 0 Å². The lowest BCUT2D eigenvalue weighted by Gasteiger charge is -2.18. The molecule has 1 N–H and O–H groups in total. The molecule has 1 aromatic carbocycles. The normalized spacial score (nSPS) is 11.9. The first-order chi connectivity index (χ1) is 16.0. The fourth-order valence-electron chi connectivity index (χ4n) is 3.21. The zero-order valence-electron chi connectivity index (χ0n) is 18.6. The van der Waals surface area contributed by atoms with Crippen molar-refractivity contribution in [3.8, 4) is 28.7 Å². The number of aryl methyl sites for hydroxylation is 1. The molecule has 0 saturated carbocycles. The molecule has 0 aliphatic carbocycles. The molecule has 0 aliphatic rings. The summed E-state index contributed by atoms with van der Waals surface area (Å²) >= 11 is 7.37. The number of para-hydroxylation sites is 1. The Bertz CT molecular complexity index is 1210. The maximum Gasteiger partial charge on any atom is 0.239 e. The number of ether oxygens (including phenoxy) is 2. The van der Waals surface area contributed by atoms with Crippen molar-refractivity contribution in [2.24, 2.45) is 7.05 Å². The van der Waals surface area contributed by atoms with E-state index in [4.69, 9.17) is 21.1 Å². The number of hydrogen-bond donors (Lipinski definition) is 1. The van der Waals surface area contributed by atoms with Crippen LogP contribution in [0.2, 0.25) is 5.02 Å². The second kappa shape index (κ2) is 10.1. The molecule has 33 heavy (non-hydrogen) atoms. The lowest BCUT2D eigenvalue weighted by Crippen LogP contribution is -2.11. The molecule has 3 heterocycles. The van der Waals surface area contributed by atoms with Crippen LogP contribution in [0.5, 0.6) is 11.5 Å². The van der Waals surface area contributed by atoms with E-state index in [1.165, 1.54) is 11.9 Å². The largest absolute Gasteiger partial charge is 0.494 e. The smallest absolute Gasteiger partial charge is 0.239 e. The third-order valence-electron chi connectivity index (χ3n) is 4.73. The summed E-state index contributed by atoms with van der Waals surface area (Å²) in [6.45, 7) is 2.07. The van der Waals surface area contributed by atoms with E-state index in [1.807, 2.05) is 42.1 Å². The zero-order chi connectivity index (χ0) is 23.4. The summed E-state index contributed by atoms with van der Waals surface area (Å²) in [5.41, 5.74) is 1.34. The number of nitrogens with one attached hydrogen (secondary N) is 1. The van der Waals surface area contributed by atoms with Gasteiger partial charge < -0.3 is 9.47 Å². The number of nitrogens with zero attached hydrogens (tertiary/aromatic N) is 7. The van der Waals surface area contributed by atoms with Crippen LogP contribution in [0.4, 0.5) is 5.95 Å². The van der Waals surface area contributed by atoms with Gasteiger partial charge in [-0.1, -0.05) is 24.6 Å². The molecule has 172 valence electrons. The Morgan fingerprint density at radius 2 is 1.79 bits per heavy atom. The quantitative estimate of drug-likeness (QED) is 0.353. The molecule has 10 nitrogen and oxygen atoms in total. The fourth-order valence-corrected chi connectivity index (χ4v) is 3.98. The molecule has 4 rings (SSSR count). The highest BCUT2D eigenvalue weighted by molar-refractivity contribution is 8.01. The lowest BCUT2D eigenvalue weighted by molar-refractivity contribution is 0.391. The maximum absolute atomic E-state index is 5.88. The van der Waals surface area contributed by atoms with Gasteiger partial charge in [0, 0.05) is 37.3 Å². The Balaban J connectivity index is 1.68. The molecule has 4 aromatic rings. The zero-order valence-corrected chi connectivity index (χ0v) is 20.1. The topological polar surface area (TPSA) is 105 Å². The molecule has 0 aliphatic heterocycles. The molecule has 3 aromatic heterocycles. The summed E-state index contributed by atoms with van der Waals surface area (Å²) in [5, 5.41) is 13.9. The second-order valence-corrected chi connectivity index (χ2v) is 8.80. The number of benzene rings is 1. The second-order valence-electron chi connectivity index (χ2n) is 7.12. The summed E-state index contributed by atoms with van der Waals surface area (Å²) in [6.07, 6.45) is 5.69. The van der Waals surface area contributed by atoms with Crippen LogP contribution >= 0.6 is 23.5 Å². The van der Waals surface area contributed by atoms with Crippen molar-refractivity contribution >= 4 is 29.5 Å². The van der Waals surface area contributed by atoms with E-state index in [-0.39, 0.29) is 5.25 Å². The third kappa shape index (κ3) is 5.04. The first-order valence-electron chi connectivity index (χ1n) is 10.0. The van der Waals surface area contributed by atoms with Crippen molar-refractivity contribution in [1.82, 2.24) is 34.5 Å². The van der Waals surface area contributed by atoms with Gasteiger partial charge in [-0.05, 0) is 30.1 Å². The van der Waals surface area contributed by atoms with Gasteiger partial charge in [0.25, 0.3) is 0 Å². The van der Waals surface area contributed by atoms with Gasteiger partial charge in [0.15, 0.2) is 5.82 Å². The predicted molar refractivity (Wildman–Crippen MR) is 128 cm³/mol. The molecule has 0 saturated heterocycles. The monoisotopic (exact) mass is 486 g/mol. The summed E-state index contributed by atoms with van der Waals surface area (Å²) in [4.78, 5) is 8.54. The van der Waals surface area contributed by atoms with Crippen LogP contribution in [0.15, 0.2) is 42.9 Å². The molecule has 0 bridgehead atoms. The van der Waals surface area contributed by atoms with Crippen molar-refractivity contribution in [3.05, 3.63) is 53.7 Å². The Morgan fingerprint density at radius 1 is 1.09 bits per heavy atom. The van der Waals surface area contributed by atoms with Gasteiger partial charge >= 0.3 is 0 Å². The van der Waals surface area contributed by atoms with Crippen molar-refractivity contribution in [3.63, 3.8) is 0 Å². The standard InChI is InChI=1S/C21H23ClN8O2S/c1-13(10-18-23-11-14(22)12-24-18)33-28-21-26-25-20(15-8-9-29(2)27-15)30(21)19-16(31-3)6-5-7-17(19)32-4/h5-9,11-13H,10H2,1-4H3,(H,26,28). The van der Waals surface area contributed by atoms with Gasteiger partial charge in [0.2, 0.25) is 5.95 Å². The lowest BCUT2D eigenvalue weighted by atomic mass is 10.2. The molecule has 1 unspecified atom stereocenters. The number of anilines is 1. The third-order valence-corrected chi connectivity index (χ3v) is 5.79. The average Bonchev–Trinajstić information content (AvgIpc) is 3.44. The molecule has 0 radical (unpaired) electrons. The highest BCUT2D eigenvalue weighted by Crippen LogP contribution is 2.37. The Morgan fingerprint density at radius 3 is 2.39 bits per heavy atom. The van der Waals surface area contributed by atoms with Gasteiger partial charge in [0.05, 0.1) is 19.2 Å². The number of halogens is 1. The van der Waals surface area contributed by atoms with Crippen LogP contribution in [-0.4, -0.2) is 54.0 Å². The first kappa shape index (κ1) is 22.9. The predicted octanol–water partition coefficient (Wildman–Crippen LogP) is 3.82. The molecule has 12 heteroatoms. The SMILES string of the molecule is COc1cccc(OC)c1-n1c(NSC(C)Cc2ncc(Cl)cn2)nnc1-c1ccn(C)n1. The van der Waals surface area contributed by atoms with Crippen molar-refractivity contribution in [2.45, 2.75) is 18.6 Å². The van der Waals surface area contributed by atoms with Crippen LogP contribution in [0, 0.1) is 0 Å². The molecular weight excluding hydrogens is 464 g/mol. The van der Waals surface area contributed by atoms with Gasteiger partial charge in [0.1, 0.15) is 28.7 Å². The average molecular weight is 487 g/mol.